The topological polar surface area (TPSA) is 17.6 Å². The van der Waals surface area contributed by atoms with Crippen molar-refractivity contribution in [1.29, 1.82) is 0 Å². The molecular weight excluding hydrogens is 272 g/mol. The zero-order valence-corrected chi connectivity index (χ0v) is 14.3. The largest absolute Gasteiger partial charge is 0.243 e. The highest BCUT2D eigenvalue weighted by atomic mass is 15.2. The van der Waals surface area contributed by atoms with Crippen LogP contribution < -0.4 is 9.13 Å². The van der Waals surface area contributed by atoms with Crippen molar-refractivity contribution in [2.24, 2.45) is 0 Å². The van der Waals surface area contributed by atoms with Gasteiger partial charge in [0.15, 0.2) is 0 Å². The molecule has 0 saturated carbocycles. The van der Waals surface area contributed by atoms with E-state index in [4.69, 9.17) is 0 Å². The van der Waals surface area contributed by atoms with E-state index < -0.39 is 0 Å². The number of nitrogens with zero attached hydrogens (tertiary/aromatic N) is 4. The average Bonchev–Trinajstić information content (AvgIpc) is 3.15. The Morgan fingerprint density at radius 1 is 0.682 bits per heavy atom. The van der Waals surface area contributed by atoms with Gasteiger partial charge in [-0.25, -0.2) is 18.3 Å². The maximum Gasteiger partial charge on any atom is 0.243 e. The van der Waals surface area contributed by atoms with E-state index in [2.05, 4.69) is 69.6 Å². The van der Waals surface area contributed by atoms with Crippen molar-refractivity contribution in [3.63, 3.8) is 0 Å². The summed E-state index contributed by atoms with van der Waals surface area (Å²) in [6.45, 7) is 8.85. The molecule has 0 bridgehead atoms. The van der Waals surface area contributed by atoms with E-state index >= 15 is 0 Å². The van der Waals surface area contributed by atoms with Crippen LogP contribution >= 0.6 is 0 Å². The fourth-order valence-corrected chi connectivity index (χ4v) is 2.73. The molecule has 0 N–H and O–H groups in total. The predicted molar refractivity (Wildman–Crippen MR) is 88.3 cm³/mol. The minimum absolute atomic E-state index is 1.03. The monoisotopic (exact) mass is 304 g/mol. The second kappa shape index (κ2) is 9.44. The summed E-state index contributed by atoms with van der Waals surface area (Å²) in [6, 6.07) is 0. The van der Waals surface area contributed by atoms with Gasteiger partial charge < -0.3 is 0 Å². The van der Waals surface area contributed by atoms with Crippen LogP contribution in [-0.4, -0.2) is 9.13 Å². The zero-order chi connectivity index (χ0) is 15.6. The lowest BCUT2D eigenvalue weighted by Gasteiger charge is -1.96. The average molecular weight is 304 g/mol. The van der Waals surface area contributed by atoms with Crippen molar-refractivity contribution in [2.45, 2.75) is 78.6 Å². The Bertz CT molecular complexity index is 478. The maximum atomic E-state index is 2.30. The lowest BCUT2D eigenvalue weighted by Crippen LogP contribution is -2.31. The summed E-state index contributed by atoms with van der Waals surface area (Å²) in [5.41, 5.74) is 0. The maximum absolute atomic E-state index is 2.30. The first-order chi connectivity index (χ1) is 10.8. The number of unbranched alkanes of at least 4 members (excludes halogenated alkanes) is 4. The number of rotatable bonds is 11. The van der Waals surface area contributed by atoms with E-state index in [1.807, 2.05) is 0 Å². The first-order valence-corrected chi connectivity index (χ1v) is 8.91. The molecule has 0 unspecified atom stereocenters. The van der Waals surface area contributed by atoms with Gasteiger partial charge in [-0.1, -0.05) is 26.7 Å². The first-order valence-electron chi connectivity index (χ1n) is 8.91. The zero-order valence-electron chi connectivity index (χ0n) is 14.3. The van der Waals surface area contributed by atoms with Gasteiger partial charge in [-0.15, -0.1) is 0 Å². The molecule has 4 nitrogen and oxygen atoms in total. The number of imidazole rings is 2. The minimum atomic E-state index is 1.03. The normalized spacial score (nSPS) is 11.2. The highest BCUT2D eigenvalue weighted by Crippen LogP contribution is 1.96. The highest BCUT2D eigenvalue weighted by Gasteiger charge is 2.07. The van der Waals surface area contributed by atoms with Gasteiger partial charge in [-0.2, -0.15) is 0 Å². The molecule has 0 atom stereocenters. The van der Waals surface area contributed by atoms with Crippen LogP contribution in [-0.2, 0) is 26.2 Å². The third-order valence-corrected chi connectivity index (χ3v) is 4.15. The molecule has 2 aromatic rings. The third-order valence-electron chi connectivity index (χ3n) is 4.15. The van der Waals surface area contributed by atoms with Gasteiger partial charge in [-0.3, -0.25) is 0 Å². The fraction of sp³-hybridized carbons (Fsp3) is 0.667. The van der Waals surface area contributed by atoms with E-state index in [1.165, 1.54) is 38.5 Å². The molecule has 4 heteroatoms. The van der Waals surface area contributed by atoms with Crippen molar-refractivity contribution in [3.05, 3.63) is 37.4 Å². The Kier molecular flexibility index (Phi) is 7.20. The van der Waals surface area contributed by atoms with Crippen molar-refractivity contribution < 1.29 is 9.13 Å². The fourth-order valence-electron chi connectivity index (χ4n) is 2.73. The van der Waals surface area contributed by atoms with E-state index in [1.54, 1.807) is 0 Å². The Morgan fingerprint density at radius 3 is 1.55 bits per heavy atom. The van der Waals surface area contributed by atoms with Gasteiger partial charge in [0.25, 0.3) is 0 Å². The lowest BCUT2D eigenvalue weighted by molar-refractivity contribution is -0.697. The third kappa shape index (κ3) is 5.66. The van der Waals surface area contributed by atoms with E-state index in [9.17, 15) is 0 Å². The molecule has 0 aliphatic carbocycles. The number of hydrogen-bond donors (Lipinski definition) is 0. The molecule has 122 valence electrons. The molecule has 22 heavy (non-hydrogen) atoms. The van der Waals surface area contributed by atoms with Crippen molar-refractivity contribution in [2.75, 3.05) is 0 Å². The highest BCUT2D eigenvalue weighted by molar-refractivity contribution is 4.70. The molecule has 2 heterocycles. The van der Waals surface area contributed by atoms with Crippen LogP contribution in [0, 0.1) is 0 Å². The Morgan fingerprint density at radius 2 is 1.14 bits per heavy atom. The lowest BCUT2D eigenvalue weighted by atomic mass is 10.2. The van der Waals surface area contributed by atoms with Gasteiger partial charge in [0.1, 0.15) is 37.9 Å². The molecule has 0 aromatic carbocycles. The second-order valence-electron chi connectivity index (χ2n) is 6.19. The van der Waals surface area contributed by atoms with E-state index in [0.29, 0.717) is 0 Å². The van der Waals surface area contributed by atoms with Crippen molar-refractivity contribution >= 4 is 0 Å². The van der Waals surface area contributed by atoms with E-state index in [0.717, 1.165) is 26.2 Å². The summed E-state index contributed by atoms with van der Waals surface area (Å²) < 4.78 is 9.17. The van der Waals surface area contributed by atoms with Crippen LogP contribution in [0.25, 0.3) is 0 Å². The minimum Gasteiger partial charge on any atom is -0.237 e. The smallest absolute Gasteiger partial charge is 0.237 e. The Balaban J connectivity index is 1.73. The second-order valence-corrected chi connectivity index (χ2v) is 6.19. The standard InChI is InChI=1S/C18H32N4/c1-3-5-7-9-19-11-13-21(17-19)15-16-22-14-12-20(18-22)10-8-6-4-2/h11-14,17-18H,3-10,15-16H2,1-2H3/q+2. The first kappa shape index (κ1) is 16.8. The molecule has 0 radical (unpaired) electrons. The quantitative estimate of drug-likeness (QED) is 0.449. The number of hydrogen-bond acceptors (Lipinski definition) is 0. The molecule has 0 aliphatic heterocycles. The van der Waals surface area contributed by atoms with Crippen LogP contribution in [0.15, 0.2) is 37.4 Å². The summed E-state index contributed by atoms with van der Waals surface area (Å²) >= 11 is 0. The molecule has 0 spiro atoms. The van der Waals surface area contributed by atoms with Crippen molar-refractivity contribution in [1.82, 2.24) is 9.13 Å². The van der Waals surface area contributed by atoms with Gasteiger partial charge in [0.05, 0.1) is 13.1 Å². The number of aromatic nitrogens is 4. The molecule has 0 saturated heterocycles. The Hall–Kier alpha value is -1.58. The van der Waals surface area contributed by atoms with Crippen LogP contribution in [0.4, 0.5) is 0 Å². The summed E-state index contributed by atoms with van der Waals surface area (Å²) in [5.74, 6) is 0. The number of aryl methyl sites for hydroxylation is 4. The van der Waals surface area contributed by atoms with Gasteiger partial charge >= 0.3 is 0 Å². The molecule has 0 amide bonds. The summed E-state index contributed by atoms with van der Waals surface area (Å²) in [4.78, 5) is 0. The summed E-state index contributed by atoms with van der Waals surface area (Å²) in [7, 11) is 0. The predicted octanol–water partition coefficient (Wildman–Crippen LogP) is 2.95. The summed E-state index contributed by atoms with van der Waals surface area (Å²) in [6.07, 6.45) is 21.0. The van der Waals surface area contributed by atoms with Crippen LogP contribution in [0.2, 0.25) is 0 Å². The summed E-state index contributed by atoms with van der Waals surface area (Å²) in [5, 5.41) is 0. The van der Waals surface area contributed by atoms with Crippen LogP contribution in [0.1, 0.15) is 52.4 Å². The van der Waals surface area contributed by atoms with Crippen LogP contribution in [0.3, 0.4) is 0 Å². The van der Waals surface area contributed by atoms with Gasteiger partial charge in [0, 0.05) is 0 Å². The Labute approximate surface area is 135 Å². The molecule has 0 fully saturated rings. The molecular formula is C18H32N4+2. The van der Waals surface area contributed by atoms with Crippen LogP contribution in [0.5, 0.6) is 0 Å². The van der Waals surface area contributed by atoms with E-state index in [-0.39, 0.29) is 0 Å². The van der Waals surface area contributed by atoms with Gasteiger partial charge in [-0.05, 0) is 25.7 Å². The molecule has 2 aromatic heterocycles. The SMILES string of the molecule is CCCCC[n+]1ccn(CCn2cc[n+](CCCCC)c2)c1. The molecule has 2 rings (SSSR count). The van der Waals surface area contributed by atoms with Gasteiger partial charge in [0.2, 0.25) is 12.7 Å². The molecule has 0 aliphatic rings. The van der Waals surface area contributed by atoms with Crippen molar-refractivity contribution in [3.8, 4) is 0 Å².